The molecule has 0 aromatic rings. The number of amides is 3. The van der Waals surface area contributed by atoms with Gasteiger partial charge >= 0.3 is 83.9 Å². The summed E-state index contributed by atoms with van der Waals surface area (Å²) in [5.41, 5.74) is -8.55. The van der Waals surface area contributed by atoms with Crippen LogP contribution in [0.3, 0.4) is 0 Å². The second-order valence-corrected chi connectivity index (χ2v) is 45.2. The predicted molar refractivity (Wildman–Crippen MR) is 476 cm³/mol. The van der Waals surface area contributed by atoms with E-state index in [0.717, 1.165) is 85.7 Å². The maximum atomic E-state index is 14.0. The first kappa shape index (κ1) is 115. The average molecular weight is 1860 g/mol. The van der Waals surface area contributed by atoms with Gasteiger partial charge in [-0.2, -0.15) is 0 Å². The molecule has 0 radical (unpaired) electrons. The summed E-state index contributed by atoms with van der Waals surface area (Å²) in [5.74, 6) is -9.38. The first-order valence-electron chi connectivity index (χ1n) is 42.4. The molecule has 6 unspecified atom stereocenters. The molecule has 2 aliphatic rings. The van der Waals surface area contributed by atoms with Crippen LogP contribution in [0, 0.1) is 43.8 Å². The van der Waals surface area contributed by atoms with Crippen molar-refractivity contribution in [1.29, 1.82) is 0 Å². The third-order valence-corrected chi connectivity index (χ3v) is 28.2. The molecule has 0 saturated heterocycles. The Morgan fingerprint density at radius 1 is 0.372 bits per heavy atom. The molecule has 0 aromatic carbocycles. The summed E-state index contributed by atoms with van der Waals surface area (Å²) in [5, 5.41) is 8.81. The Bertz CT molecular complexity index is 3690. The van der Waals surface area contributed by atoms with Crippen LogP contribution < -0.4 is 16.0 Å². The molecular formula is C91H139N3O33Si2. The highest BCUT2D eigenvalue weighted by Crippen LogP contribution is 2.49. The molecule has 0 aliphatic heterocycles. The van der Waals surface area contributed by atoms with Gasteiger partial charge in [-0.25, -0.2) is 62.3 Å². The molecule has 2 fully saturated rings. The van der Waals surface area contributed by atoms with Crippen LogP contribution in [0.1, 0.15) is 120 Å². The van der Waals surface area contributed by atoms with E-state index in [-0.39, 0.29) is 42.9 Å². The van der Waals surface area contributed by atoms with Gasteiger partial charge in [0.2, 0.25) is 0 Å². The zero-order chi connectivity index (χ0) is 97.4. The fourth-order valence-electron chi connectivity index (χ4n) is 15.3. The van der Waals surface area contributed by atoms with Crippen molar-refractivity contribution in [3.8, 4) is 0 Å². The van der Waals surface area contributed by atoms with Crippen molar-refractivity contribution < 1.29 is 157 Å². The quantitative estimate of drug-likeness (QED) is 0.0167. The second-order valence-electron chi connectivity index (χ2n) is 36.3. The Labute approximate surface area is 760 Å². The molecule has 2 aliphatic carbocycles. The number of esters is 11. The minimum atomic E-state index is -2.16. The monoisotopic (exact) mass is 1860 g/mol. The lowest BCUT2D eigenvalue weighted by Gasteiger charge is -2.47. The molecule has 0 spiro atoms. The van der Waals surface area contributed by atoms with Crippen LogP contribution in [0.15, 0.2) is 127 Å². The van der Waals surface area contributed by atoms with Gasteiger partial charge in [0.25, 0.3) is 0 Å². The van der Waals surface area contributed by atoms with Gasteiger partial charge in [0.05, 0.1) is 61.3 Å². The van der Waals surface area contributed by atoms with Gasteiger partial charge in [-0.3, -0.25) is 4.79 Å². The average Bonchev–Trinajstić information content (AvgIpc) is 0.796. The van der Waals surface area contributed by atoms with E-state index >= 15 is 0 Å². The molecule has 2 rings (SSSR count). The van der Waals surface area contributed by atoms with E-state index in [0.29, 0.717) is 58.2 Å². The number of carbonyl (C=O) groups is 14. The van der Waals surface area contributed by atoms with Gasteiger partial charge in [-0.15, -0.1) is 0 Å². The van der Waals surface area contributed by atoms with Crippen molar-refractivity contribution in [2.75, 3.05) is 139 Å². The number of ether oxygens (including phenoxy) is 18. The van der Waals surface area contributed by atoms with Crippen molar-refractivity contribution >= 4 is 101 Å². The molecule has 3 N–H and O–H groups in total. The zero-order valence-electron chi connectivity index (χ0n) is 77.5. The SMILES string of the molecule is C=CC(=O)OCC(COCC(COC(=O)C=C)(COC(=O)C=C)COC(=O)NC1CC(C)(C)CC(C)(CCC(=O)OC(C)COCCC[Si](C)(C)O[Si](C)(C)CCCOCC(C)OC(=O)NCC2CC(C)(C)CC(C)(NC(=O)OCC(COCC(COC(=O)C=C)(COC(=O)C=C)COC(=O)C=C)(COC(=O)C=C)COC(=O)C=C)C2)C1)(COC(=O)C=C)COC(=O)C=C. The van der Waals surface area contributed by atoms with E-state index in [4.69, 9.17) is 89.4 Å². The van der Waals surface area contributed by atoms with E-state index in [1.165, 1.54) is 0 Å². The van der Waals surface area contributed by atoms with Crippen LogP contribution in [0.2, 0.25) is 38.3 Å². The molecule has 38 heteroatoms. The molecule has 6 atom stereocenters. The van der Waals surface area contributed by atoms with Crippen molar-refractivity contribution in [2.45, 2.75) is 182 Å². The highest BCUT2D eigenvalue weighted by molar-refractivity contribution is 6.84. The Morgan fingerprint density at radius 2 is 0.674 bits per heavy atom. The molecule has 724 valence electrons. The fourth-order valence-corrected chi connectivity index (χ4v) is 24.1. The summed E-state index contributed by atoms with van der Waals surface area (Å²) in [6.07, 6.45) is 10.5. The molecule has 2 saturated carbocycles. The maximum Gasteiger partial charge on any atom is 0.407 e. The number of carbonyl (C=O) groups excluding carboxylic acids is 14. The predicted octanol–water partition coefficient (Wildman–Crippen LogP) is 10.9. The highest BCUT2D eigenvalue weighted by atomic mass is 28.4. The molecule has 129 heavy (non-hydrogen) atoms. The van der Waals surface area contributed by atoms with Crippen molar-refractivity contribution in [3.63, 3.8) is 0 Å². The maximum absolute atomic E-state index is 14.0. The van der Waals surface area contributed by atoms with E-state index < -0.39 is 257 Å². The summed E-state index contributed by atoms with van der Waals surface area (Å²) in [4.78, 5) is 179. The van der Waals surface area contributed by atoms with Gasteiger partial charge < -0.3 is 105 Å². The molecular weight excluding hydrogens is 1720 g/mol. The minimum Gasteiger partial charge on any atom is -0.462 e. The van der Waals surface area contributed by atoms with E-state index in [9.17, 15) is 67.1 Å². The van der Waals surface area contributed by atoms with Crippen LogP contribution in [0.5, 0.6) is 0 Å². The smallest absolute Gasteiger partial charge is 0.407 e. The van der Waals surface area contributed by atoms with Gasteiger partial charge in [0, 0.05) is 98.5 Å². The Hall–Kier alpha value is -10.4. The number of alkyl carbamates (subject to hydrolysis) is 3. The van der Waals surface area contributed by atoms with Gasteiger partial charge in [0.15, 0.2) is 16.6 Å². The number of hydrogen-bond donors (Lipinski definition) is 3. The van der Waals surface area contributed by atoms with Gasteiger partial charge in [0.1, 0.15) is 91.5 Å². The summed E-state index contributed by atoms with van der Waals surface area (Å²) in [6, 6.07) is 1.21. The topological polar surface area (TPSA) is 450 Å². The van der Waals surface area contributed by atoms with Gasteiger partial charge in [-0.1, -0.05) is 100 Å². The fraction of sp³-hybridized carbons (Fsp3) is 0.626. The van der Waals surface area contributed by atoms with Crippen LogP contribution in [-0.4, -0.2) is 263 Å². The summed E-state index contributed by atoms with van der Waals surface area (Å²) >= 11 is 0. The number of nitrogens with one attached hydrogen (secondary N) is 3. The Balaban J connectivity index is 1.99. The van der Waals surface area contributed by atoms with Crippen molar-refractivity contribution in [3.05, 3.63) is 127 Å². The third-order valence-electron chi connectivity index (χ3n) is 20.6. The van der Waals surface area contributed by atoms with Crippen molar-refractivity contribution in [2.24, 2.45) is 43.8 Å². The lowest BCUT2D eigenvalue weighted by molar-refractivity contribution is -0.170. The molecule has 0 bridgehead atoms. The first-order chi connectivity index (χ1) is 60.4. The highest BCUT2D eigenvalue weighted by Gasteiger charge is 2.48. The third kappa shape index (κ3) is 47.7. The van der Waals surface area contributed by atoms with Crippen LogP contribution in [-0.2, 0) is 142 Å². The summed E-state index contributed by atoms with van der Waals surface area (Å²) in [7, 11) is -4.32. The van der Waals surface area contributed by atoms with Crippen LogP contribution >= 0.6 is 0 Å². The lowest BCUT2D eigenvalue weighted by Crippen LogP contribution is -2.55. The molecule has 3 amide bonds. The van der Waals surface area contributed by atoms with E-state index in [1.807, 2.05) is 27.7 Å². The number of rotatable bonds is 65. The largest absolute Gasteiger partial charge is 0.462 e. The summed E-state index contributed by atoms with van der Waals surface area (Å²) in [6.45, 7) is 50.8. The van der Waals surface area contributed by atoms with Crippen LogP contribution in [0.25, 0.3) is 0 Å². The number of hydrogen-bond acceptors (Lipinski definition) is 33. The van der Waals surface area contributed by atoms with Crippen molar-refractivity contribution in [1.82, 2.24) is 16.0 Å². The lowest BCUT2D eigenvalue weighted by atomic mass is 9.61. The second kappa shape index (κ2) is 56.3. The normalized spacial score (nSPS) is 17.6. The molecule has 0 heterocycles. The standard InChI is InChI=1S/C91H139N3O33Si2/c1-23-70(95)113-54-88(55-114-71(96)24-2,56-115-72(97)25-3)50-111-52-90(60-119-76(101)29-7,61-120-77(102)30-8)64-123-82(107)93-69-43-85(15,16)48-86(17,44-69)36-35-80(105)125-66(11)46-109-37-33-39-128(19,20)127-129(21,22)40-34-38-110-47-67(12)126-81(106)92-45-68-41-84(13,14)49-87(18,42-68)94-83(108)124-65-91(62-121-78(103)31-9,63-122-79(104)32-10)53-112-51-89(57-116-73(98)26-4,58-117-74(99)27-5)59-118-75(100)28-6/h23-32,66-69H,1-10,33-65H2,11-22H3,(H,92,106)(H,93,107)(H,94,108). The van der Waals surface area contributed by atoms with Gasteiger partial charge in [-0.05, 0) is 139 Å². The first-order valence-corrected chi connectivity index (χ1v) is 48.6. The summed E-state index contributed by atoms with van der Waals surface area (Å²) < 4.78 is 108. The molecule has 0 aromatic heterocycles. The van der Waals surface area contributed by atoms with E-state index in [2.05, 4.69) is 122 Å². The van der Waals surface area contributed by atoms with Crippen LogP contribution in [0.4, 0.5) is 14.4 Å². The minimum absolute atomic E-state index is 0.0916. The Kier molecular flexibility index (Phi) is 50.0. The zero-order valence-corrected chi connectivity index (χ0v) is 79.5. The van der Waals surface area contributed by atoms with E-state index in [1.54, 1.807) is 13.8 Å². The molecule has 36 nitrogen and oxygen atoms in total. The Morgan fingerprint density at radius 3 is 1.00 bits per heavy atom.